The van der Waals surface area contributed by atoms with Gasteiger partial charge in [0.05, 0.1) is 23.1 Å². The fourth-order valence-corrected chi connectivity index (χ4v) is 2.31. The molecular weight excluding hydrogens is 320 g/mol. The first-order chi connectivity index (χ1) is 11.3. The molecule has 128 valence electrons. The summed E-state index contributed by atoms with van der Waals surface area (Å²) >= 11 is 0. The molecule has 0 aliphatic heterocycles. The summed E-state index contributed by atoms with van der Waals surface area (Å²) in [5.74, 6) is -2.26. The monoisotopic (exact) mass is 337 g/mol. The van der Waals surface area contributed by atoms with Crippen LogP contribution in [0.1, 0.15) is 28.0 Å². The number of alkyl halides is 2. The SMILES string of the molecule is Cc1ccccc1-n1ncc(C(=O)NC(CC(F)F)C(=O)O)c1C. The zero-order chi connectivity index (χ0) is 17.9. The van der Waals surface area contributed by atoms with Crippen LogP contribution in [0.5, 0.6) is 0 Å². The Kier molecular flexibility index (Phi) is 5.28. The lowest BCUT2D eigenvalue weighted by Crippen LogP contribution is -2.42. The Hall–Kier alpha value is -2.77. The summed E-state index contributed by atoms with van der Waals surface area (Å²) in [6.07, 6.45) is -2.49. The van der Waals surface area contributed by atoms with Crippen LogP contribution in [0.15, 0.2) is 30.5 Å². The highest BCUT2D eigenvalue weighted by Gasteiger charge is 2.26. The molecule has 6 nitrogen and oxygen atoms in total. The number of nitrogens with one attached hydrogen (secondary N) is 1. The second kappa shape index (κ2) is 7.20. The number of para-hydroxylation sites is 1. The van der Waals surface area contributed by atoms with Crippen LogP contribution in [0.3, 0.4) is 0 Å². The van der Waals surface area contributed by atoms with E-state index in [9.17, 15) is 18.4 Å². The van der Waals surface area contributed by atoms with Crippen LogP contribution in [0.4, 0.5) is 8.78 Å². The van der Waals surface area contributed by atoms with Crippen molar-refractivity contribution >= 4 is 11.9 Å². The second-order valence-electron chi connectivity index (χ2n) is 5.33. The van der Waals surface area contributed by atoms with Crippen molar-refractivity contribution in [2.24, 2.45) is 0 Å². The van der Waals surface area contributed by atoms with E-state index in [1.54, 1.807) is 11.6 Å². The Morgan fingerprint density at radius 2 is 1.96 bits per heavy atom. The fourth-order valence-electron chi connectivity index (χ4n) is 2.31. The summed E-state index contributed by atoms with van der Waals surface area (Å²) in [5.41, 5.74) is 2.34. The van der Waals surface area contributed by atoms with Gasteiger partial charge < -0.3 is 10.4 Å². The standard InChI is InChI=1S/C16H17F2N3O3/c1-9-5-3-4-6-13(9)21-10(2)11(8-19-21)15(22)20-12(16(23)24)7-14(17)18/h3-6,8,12,14H,7H2,1-2H3,(H,20,22)(H,23,24). The summed E-state index contributed by atoms with van der Waals surface area (Å²) in [7, 11) is 0. The zero-order valence-electron chi connectivity index (χ0n) is 13.2. The van der Waals surface area contributed by atoms with Crippen molar-refractivity contribution < 1.29 is 23.5 Å². The maximum atomic E-state index is 12.4. The van der Waals surface area contributed by atoms with E-state index in [4.69, 9.17) is 5.11 Å². The number of rotatable bonds is 6. The quantitative estimate of drug-likeness (QED) is 0.847. The number of amides is 1. The van der Waals surface area contributed by atoms with E-state index < -0.39 is 30.8 Å². The van der Waals surface area contributed by atoms with Crippen molar-refractivity contribution in [1.29, 1.82) is 0 Å². The summed E-state index contributed by atoms with van der Waals surface area (Å²) in [5, 5.41) is 15.2. The molecule has 24 heavy (non-hydrogen) atoms. The van der Waals surface area contributed by atoms with E-state index in [-0.39, 0.29) is 5.56 Å². The first-order valence-corrected chi connectivity index (χ1v) is 7.23. The van der Waals surface area contributed by atoms with Crippen molar-refractivity contribution in [2.45, 2.75) is 32.7 Å². The Labute approximate surface area is 137 Å². The van der Waals surface area contributed by atoms with E-state index in [2.05, 4.69) is 10.4 Å². The van der Waals surface area contributed by atoms with Gasteiger partial charge in [-0.25, -0.2) is 18.3 Å². The lowest BCUT2D eigenvalue weighted by atomic mass is 10.1. The molecular formula is C16H17F2N3O3. The average molecular weight is 337 g/mol. The van der Waals surface area contributed by atoms with Gasteiger partial charge in [-0.1, -0.05) is 18.2 Å². The summed E-state index contributed by atoms with van der Waals surface area (Å²) < 4.78 is 26.4. The summed E-state index contributed by atoms with van der Waals surface area (Å²) in [4.78, 5) is 23.2. The van der Waals surface area contributed by atoms with Gasteiger partial charge in [-0.3, -0.25) is 4.79 Å². The van der Waals surface area contributed by atoms with Crippen molar-refractivity contribution in [1.82, 2.24) is 15.1 Å². The van der Waals surface area contributed by atoms with E-state index >= 15 is 0 Å². The summed E-state index contributed by atoms with van der Waals surface area (Å²) in [6, 6.07) is 5.76. The third-order valence-electron chi connectivity index (χ3n) is 3.62. The molecule has 0 spiro atoms. The third kappa shape index (κ3) is 3.76. The maximum absolute atomic E-state index is 12.4. The van der Waals surface area contributed by atoms with E-state index in [1.807, 2.05) is 31.2 Å². The molecule has 1 aromatic carbocycles. The number of benzene rings is 1. The predicted molar refractivity (Wildman–Crippen MR) is 82.5 cm³/mol. The van der Waals surface area contributed by atoms with E-state index in [0.29, 0.717) is 5.69 Å². The molecule has 2 N–H and O–H groups in total. The topological polar surface area (TPSA) is 84.2 Å². The molecule has 1 unspecified atom stereocenters. The van der Waals surface area contributed by atoms with Gasteiger partial charge in [0, 0.05) is 6.42 Å². The van der Waals surface area contributed by atoms with Crippen LogP contribution in [0.25, 0.3) is 5.69 Å². The Balaban J connectivity index is 2.26. The molecule has 2 rings (SSSR count). The molecule has 8 heteroatoms. The molecule has 1 aromatic heterocycles. The van der Waals surface area contributed by atoms with Crippen molar-refractivity contribution in [2.75, 3.05) is 0 Å². The van der Waals surface area contributed by atoms with Gasteiger partial charge in [-0.15, -0.1) is 0 Å². The van der Waals surface area contributed by atoms with Crippen LogP contribution in [0, 0.1) is 13.8 Å². The normalized spacial score (nSPS) is 12.2. The highest BCUT2D eigenvalue weighted by Crippen LogP contribution is 2.17. The highest BCUT2D eigenvalue weighted by molar-refractivity contribution is 5.97. The molecule has 1 atom stereocenters. The van der Waals surface area contributed by atoms with Crippen LogP contribution >= 0.6 is 0 Å². The number of aliphatic carboxylic acids is 1. The van der Waals surface area contributed by atoms with Gasteiger partial charge in [-0.2, -0.15) is 5.10 Å². The third-order valence-corrected chi connectivity index (χ3v) is 3.62. The van der Waals surface area contributed by atoms with Gasteiger partial charge in [0.25, 0.3) is 5.91 Å². The van der Waals surface area contributed by atoms with Gasteiger partial charge in [-0.05, 0) is 25.5 Å². The van der Waals surface area contributed by atoms with E-state index in [0.717, 1.165) is 11.3 Å². The van der Waals surface area contributed by atoms with Crippen LogP contribution in [-0.4, -0.2) is 39.2 Å². The summed E-state index contributed by atoms with van der Waals surface area (Å²) in [6.45, 7) is 3.54. The number of aryl methyl sites for hydroxylation is 1. The lowest BCUT2D eigenvalue weighted by molar-refractivity contribution is -0.140. The second-order valence-corrected chi connectivity index (χ2v) is 5.33. The zero-order valence-corrected chi connectivity index (χ0v) is 13.2. The molecule has 0 aliphatic carbocycles. The van der Waals surface area contributed by atoms with Crippen molar-refractivity contribution in [3.05, 3.63) is 47.3 Å². The molecule has 0 bridgehead atoms. The Morgan fingerprint density at radius 3 is 2.54 bits per heavy atom. The number of carbonyl (C=O) groups is 2. The molecule has 1 amide bonds. The minimum Gasteiger partial charge on any atom is -0.480 e. The molecule has 0 radical (unpaired) electrons. The molecule has 0 aliphatic rings. The number of nitrogens with zero attached hydrogens (tertiary/aromatic N) is 2. The molecule has 1 heterocycles. The van der Waals surface area contributed by atoms with Crippen LogP contribution in [0.2, 0.25) is 0 Å². The number of aromatic nitrogens is 2. The molecule has 2 aromatic rings. The smallest absolute Gasteiger partial charge is 0.326 e. The minimum absolute atomic E-state index is 0.138. The number of carboxylic acids is 1. The van der Waals surface area contributed by atoms with Gasteiger partial charge >= 0.3 is 5.97 Å². The number of carboxylic acid groups (broad SMARTS) is 1. The Bertz CT molecular complexity index is 759. The lowest BCUT2D eigenvalue weighted by Gasteiger charge is -2.14. The fraction of sp³-hybridized carbons (Fsp3) is 0.312. The first-order valence-electron chi connectivity index (χ1n) is 7.23. The molecule has 0 saturated carbocycles. The van der Waals surface area contributed by atoms with Crippen LogP contribution in [-0.2, 0) is 4.79 Å². The van der Waals surface area contributed by atoms with Gasteiger partial charge in [0.2, 0.25) is 6.43 Å². The highest BCUT2D eigenvalue weighted by atomic mass is 19.3. The number of hydrogen-bond acceptors (Lipinski definition) is 3. The maximum Gasteiger partial charge on any atom is 0.326 e. The number of hydrogen-bond donors (Lipinski definition) is 2. The molecule has 0 saturated heterocycles. The minimum atomic E-state index is -2.83. The van der Waals surface area contributed by atoms with Gasteiger partial charge in [0.1, 0.15) is 6.04 Å². The number of carbonyl (C=O) groups excluding carboxylic acids is 1. The Morgan fingerprint density at radius 1 is 1.29 bits per heavy atom. The molecule has 0 fully saturated rings. The average Bonchev–Trinajstić information content (AvgIpc) is 2.88. The largest absolute Gasteiger partial charge is 0.480 e. The predicted octanol–water partition coefficient (Wildman–Crippen LogP) is 2.33. The van der Waals surface area contributed by atoms with Crippen LogP contribution < -0.4 is 5.32 Å². The van der Waals surface area contributed by atoms with Gasteiger partial charge in [0.15, 0.2) is 0 Å². The number of halogens is 2. The van der Waals surface area contributed by atoms with E-state index in [1.165, 1.54) is 6.20 Å². The first kappa shape index (κ1) is 17.6. The van der Waals surface area contributed by atoms with Crippen molar-refractivity contribution in [3.8, 4) is 5.69 Å². The van der Waals surface area contributed by atoms with Crippen molar-refractivity contribution in [3.63, 3.8) is 0 Å².